The Morgan fingerprint density at radius 3 is 2.14 bits per heavy atom. The molecule has 150 valence electrons. The van der Waals surface area contributed by atoms with Crippen LogP contribution < -0.4 is 4.31 Å². The van der Waals surface area contributed by atoms with Crippen LogP contribution in [0.2, 0.25) is 10.0 Å². The lowest BCUT2D eigenvalue weighted by molar-refractivity contribution is 0.0697. The van der Waals surface area contributed by atoms with Crippen molar-refractivity contribution in [2.75, 3.05) is 11.4 Å². The summed E-state index contributed by atoms with van der Waals surface area (Å²) in [5.74, 6) is -2.25. The van der Waals surface area contributed by atoms with Gasteiger partial charge in [0.1, 0.15) is 5.82 Å². The Morgan fingerprint density at radius 2 is 1.59 bits per heavy atom. The third-order valence-corrected chi connectivity index (χ3v) is 6.42. The molecule has 3 aromatic rings. The summed E-state index contributed by atoms with van der Waals surface area (Å²) in [6.07, 6.45) is 0. The van der Waals surface area contributed by atoms with Gasteiger partial charge in [-0.15, -0.1) is 0 Å². The quantitative estimate of drug-likeness (QED) is 0.566. The first-order chi connectivity index (χ1) is 13.6. The SMILES string of the molecule is CN(c1cc(-c2ccccc2)c(F)cc1C(=O)O)S(=O)(=O)c1cc(Cl)cc(Cl)c1. The van der Waals surface area contributed by atoms with Gasteiger partial charge < -0.3 is 5.11 Å². The maximum Gasteiger partial charge on any atom is 0.337 e. The second-order valence-corrected chi connectivity index (χ2v) is 8.94. The Bertz CT molecular complexity index is 1180. The van der Waals surface area contributed by atoms with Crippen molar-refractivity contribution in [1.29, 1.82) is 0 Å². The summed E-state index contributed by atoms with van der Waals surface area (Å²) in [6, 6.07) is 14.1. The lowest BCUT2D eigenvalue weighted by Crippen LogP contribution is -2.28. The number of hydrogen-bond acceptors (Lipinski definition) is 3. The summed E-state index contributed by atoms with van der Waals surface area (Å²) in [4.78, 5) is 11.4. The van der Waals surface area contributed by atoms with Gasteiger partial charge in [-0.1, -0.05) is 53.5 Å². The smallest absolute Gasteiger partial charge is 0.337 e. The monoisotopic (exact) mass is 453 g/mol. The number of benzene rings is 3. The molecule has 0 bridgehead atoms. The molecule has 0 aliphatic heterocycles. The van der Waals surface area contributed by atoms with Gasteiger partial charge in [-0.25, -0.2) is 17.6 Å². The standard InChI is InChI=1S/C20H14Cl2FNO4S/c1-24(29(27,28)15-8-13(21)7-14(22)9-15)19-11-16(12-5-3-2-4-6-12)18(23)10-17(19)20(25)26/h2-11H,1H3,(H,25,26). The highest BCUT2D eigenvalue weighted by Gasteiger charge is 2.27. The number of carbonyl (C=O) groups is 1. The van der Waals surface area contributed by atoms with Gasteiger partial charge in [0.05, 0.1) is 16.1 Å². The molecule has 3 aromatic carbocycles. The van der Waals surface area contributed by atoms with Crippen LogP contribution in [0.1, 0.15) is 10.4 Å². The van der Waals surface area contributed by atoms with E-state index in [2.05, 4.69) is 0 Å². The number of carboxylic acids is 1. The number of hydrogen-bond donors (Lipinski definition) is 1. The van der Waals surface area contributed by atoms with E-state index in [4.69, 9.17) is 23.2 Å². The predicted molar refractivity (Wildman–Crippen MR) is 111 cm³/mol. The van der Waals surface area contributed by atoms with E-state index in [0.29, 0.717) is 5.56 Å². The van der Waals surface area contributed by atoms with E-state index >= 15 is 0 Å². The molecule has 0 saturated carbocycles. The van der Waals surface area contributed by atoms with Crippen LogP contribution >= 0.6 is 23.2 Å². The number of nitrogens with zero attached hydrogens (tertiary/aromatic N) is 1. The summed E-state index contributed by atoms with van der Waals surface area (Å²) < 4.78 is 41.5. The molecule has 0 aromatic heterocycles. The summed E-state index contributed by atoms with van der Waals surface area (Å²) in [6.45, 7) is 0. The molecule has 0 spiro atoms. The molecule has 0 aliphatic rings. The number of sulfonamides is 1. The molecular weight excluding hydrogens is 440 g/mol. The lowest BCUT2D eigenvalue weighted by atomic mass is 10.0. The first kappa shape index (κ1) is 21.1. The second kappa shape index (κ2) is 8.02. The van der Waals surface area contributed by atoms with Gasteiger partial charge in [0.2, 0.25) is 0 Å². The van der Waals surface area contributed by atoms with Gasteiger partial charge in [-0.3, -0.25) is 4.31 Å². The van der Waals surface area contributed by atoms with Crippen molar-refractivity contribution in [3.05, 3.63) is 82.1 Å². The van der Waals surface area contributed by atoms with Gasteiger partial charge in [0.25, 0.3) is 10.0 Å². The number of halogens is 3. The minimum Gasteiger partial charge on any atom is -0.478 e. The van der Waals surface area contributed by atoms with Crippen LogP contribution in [0.15, 0.2) is 65.6 Å². The van der Waals surface area contributed by atoms with E-state index in [-0.39, 0.29) is 26.2 Å². The van der Waals surface area contributed by atoms with Gasteiger partial charge in [-0.2, -0.15) is 0 Å². The van der Waals surface area contributed by atoms with Crippen LogP contribution in [-0.2, 0) is 10.0 Å². The van der Waals surface area contributed by atoms with Crippen LogP contribution in [0.25, 0.3) is 11.1 Å². The molecule has 0 radical (unpaired) electrons. The average Bonchev–Trinajstić information content (AvgIpc) is 2.67. The highest BCUT2D eigenvalue weighted by Crippen LogP contribution is 2.34. The van der Waals surface area contributed by atoms with Crippen molar-refractivity contribution in [2.24, 2.45) is 0 Å². The molecule has 0 saturated heterocycles. The van der Waals surface area contributed by atoms with Crippen LogP contribution in [0.3, 0.4) is 0 Å². The van der Waals surface area contributed by atoms with Gasteiger partial charge in [0.15, 0.2) is 0 Å². The zero-order valence-electron chi connectivity index (χ0n) is 14.9. The Labute approximate surface area is 177 Å². The zero-order chi connectivity index (χ0) is 21.3. The zero-order valence-corrected chi connectivity index (χ0v) is 17.3. The van der Waals surface area contributed by atoms with Crippen molar-refractivity contribution >= 4 is 44.9 Å². The van der Waals surface area contributed by atoms with E-state index in [0.717, 1.165) is 10.4 Å². The Morgan fingerprint density at radius 1 is 1.00 bits per heavy atom. The number of aromatic carboxylic acids is 1. The molecule has 0 amide bonds. The molecule has 3 rings (SSSR count). The van der Waals surface area contributed by atoms with E-state index in [9.17, 15) is 22.7 Å². The van der Waals surface area contributed by atoms with Crippen LogP contribution in [-0.4, -0.2) is 26.5 Å². The van der Waals surface area contributed by atoms with E-state index in [1.165, 1.54) is 31.3 Å². The molecule has 1 N–H and O–H groups in total. The van der Waals surface area contributed by atoms with Crippen LogP contribution in [0.5, 0.6) is 0 Å². The molecule has 9 heteroatoms. The van der Waals surface area contributed by atoms with Crippen LogP contribution in [0, 0.1) is 5.82 Å². The van der Waals surface area contributed by atoms with Crippen molar-refractivity contribution < 1.29 is 22.7 Å². The lowest BCUT2D eigenvalue weighted by Gasteiger charge is -2.22. The normalized spacial score (nSPS) is 11.3. The fourth-order valence-electron chi connectivity index (χ4n) is 2.80. The van der Waals surface area contributed by atoms with Crippen molar-refractivity contribution in [3.63, 3.8) is 0 Å². The van der Waals surface area contributed by atoms with Gasteiger partial charge in [0, 0.05) is 22.7 Å². The topological polar surface area (TPSA) is 74.7 Å². The number of anilines is 1. The largest absolute Gasteiger partial charge is 0.478 e. The number of carboxylic acid groups (broad SMARTS) is 1. The van der Waals surface area contributed by atoms with Crippen molar-refractivity contribution in [3.8, 4) is 11.1 Å². The summed E-state index contributed by atoms with van der Waals surface area (Å²) in [7, 11) is -3.05. The highest BCUT2D eigenvalue weighted by atomic mass is 35.5. The molecular formula is C20H14Cl2FNO4S. The number of rotatable bonds is 5. The minimum atomic E-state index is -4.23. The third-order valence-electron chi connectivity index (χ3n) is 4.23. The first-order valence-electron chi connectivity index (χ1n) is 8.18. The second-order valence-electron chi connectivity index (χ2n) is 6.10. The molecule has 5 nitrogen and oxygen atoms in total. The molecule has 0 heterocycles. The average molecular weight is 454 g/mol. The third kappa shape index (κ3) is 4.22. The fraction of sp³-hybridized carbons (Fsp3) is 0.0500. The molecule has 0 aliphatic carbocycles. The summed E-state index contributed by atoms with van der Waals surface area (Å²) in [5, 5.41) is 9.70. The Hall–Kier alpha value is -2.61. The van der Waals surface area contributed by atoms with Gasteiger partial charge in [-0.05, 0) is 35.9 Å². The fourth-order valence-corrected chi connectivity index (χ4v) is 4.73. The maximum atomic E-state index is 14.6. The molecule has 0 atom stereocenters. The molecule has 0 unspecified atom stereocenters. The van der Waals surface area contributed by atoms with Gasteiger partial charge >= 0.3 is 5.97 Å². The summed E-state index contributed by atoms with van der Waals surface area (Å²) >= 11 is 11.8. The van der Waals surface area contributed by atoms with E-state index in [1.54, 1.807) is 30.3 Å². The van der Waals surface area contributed by atoms with Crippen molar-refractivity contribution in [2.45, 2.75) is 4.90 Å². The Balaban J connectivity index is 2.21. The first-order valence-corrected chi connectivity index (χ1v) is 10.4. The summed E-state index contributed by atoms with van der Waals surface area (Å²) in [5.41, 5.74) is -0.160. The molecule has 0 fully saturated rings. The minimum absolute atomic E-state index is 0.0665. The predicted octanol–water partition coefficient (Wildman–Crippen LogP) is 5.32. The Kier molecular flexibility index (Phi) is 5.84. The van der Waals surface area contributed by atoms with Crippen LogP contribution in [0.4, 0.5) is 10.1 Å². The van der Waals surface area contributed by atoms with E-state index < -0.39 is 27.4 Å². The molecule has 29 heavy (non-hydrogen) atoms. The van der Waals surface area contributed by atoms with E-state index in [1.807, 2.05) is 0 Å². The maximum absolute atomic E-state index is 14.6. The van der Waals surface area contributed by atoms with Crippen molar-refractivity contribution in [1.82, 2.24) is 0 Å². The highest BCUT2D eigenvalue weighted by molar-refractivity contribution is 7.92.